The fourth-order valence-electron chi connectivity index (χ4n) is 21.8. The zero-order valence-corrected chi connectivity index (χ0v) is 77.8. The first-order valence-corrected chi connectivity index (χ1v) is 47.5. The van der Waals surface area contributed by atoms with Crippen molar-refractivity contribution in [2.75, 3.05) is 0 Å². The molecule has 0 aliphatic heterocycles. The van der Waals surface area contributed by atoms with Gasteiger partial charge in [0.1, 0.15) is 0 Å². The maximum Gasteiger partial charge on any atom is 0.164 e. The lowest BCUT2D eigenvalue weighted by Crippen LogP contribution is -2.14. The first-order valence-electron chi connectivity index (χ1n) is 47.5. The van der Waals surface area contributed by atoms with Crippen LogP contribution in [0.4, 0.5) is 0 Å². The summed E-state index contributed by atoms with van der Waals surface area (Å²) in [4.78, 5) is 44.4. The average molecular weight is 1800 g/mol. The van der Waals surface area contributed by atoms with Gasteiger partial charge in [0.05, 0.1) is 44.7 Å². The molecule has 0 saturated carbocycles. The summed E-state index contributed by atoms with van der Waals surface area (Å²) in [5.74, 6) is 5.60. The van der Waals surface area contributed by atoms with Crippen LogP contribution in [0.5, 0.6) is 0 Å². The number of benzene rings is 18. The molecule has 18 aromatic carbocycles. The van der Waals surface area contributed by atoms with Crippen molar-refractivity contribution in [3.63, 3.8) is 0 Å². The van der Waals surface area contributed by atoms with E-state index in [1.807, 2.05) is 176 Å². The second-order valence-electron chi connectivity index (χ2n) is 37.8. The Kier molecular flexibility index (Phi) is 20.0. The molecule has 13 nitrogen and oxygen atoms in total. The van der Waals surface area contributed by atoms with E-state index >= 15 is 0 Å². The molecule has 140 heavy (non-hydrogen) atoms. The largest absolute Gasteiger partial charge is 0.309 e. The van der Waals surface area contributed by atoms with Crippen molar-refractivity contribution in [1.82, 2.24) is 58.6 Å². The Morgan fingerprint density at radius 1 is 0.193 bits per heavy atom. The molecule has 0 bridgehead atoms. The quantitative estimate of drug-likeness (QED) is 0.115. The molecule has 0 spiro atoms. The Morgan fingerprint density at radius 3 is 0.900 bits per heavy atom. The maximum atomic E-state index is 9.57. The zero-order chi connectivity index (χ0) is 94.1. The van der Waals surface area contributed by atoms with E-state index in [2.05, 4.69) is 310 Å². The molecule has 0 saturated heterocycles. The molecule has 0 unspecified atom stereocenters. The van der Waals surface area contributed by atoms with Gasteiger partial charge in [-0.2, -0.15) is 5.26 Å². The van der Waals surface area contributed by atoms with Gasteiger partial charge in [0.15, 0.2) is 52.4 Å². The minimum Gasteiger partial charge on any atom is -0.309 e. The topological polar surface area (TPSA) is 155 Å². The van der Waals surface area contributed by atoms with E-state index in [1.54, 1.807) is 6.07 Å². The van der Waals surface area contributed by atoms with Crippen LogP contribution in [0.2, 0.25) is 0 Å². The highest BCUT2D eigenvalue weighted by Crippen LogP contribution is 2.57. The highest BCUT2D eigenvalue weighted by atomic mass is 15.1. The van der Waals surface area contributed by atoms with Gasteiger partial charge < -0.3 is 13.7 Å². The first-order chi connectivity index (χ1) is 68.6. The van der Waals surface area contributed by atoms with Gasteiger partial charge in [-0.15, -0.1) is 0 Å². The fraction of sp³-hybridized carbons (Fsp3) is 0.0709. The van der Waals surface area contributed by atoms with Crippen LogP contribution in [0, 0.1) is 11.3 Å². The molecule has 24 aromatic rings. The van der Waals surface area contributed by atoms with Crippen LogP contribution < -0.4 is 0 Å². The van der Waals surface area contributed by atoms with E-state index in [0.717, 1.165) is 78.2 Å². The van der Waals surface area contributed by atoms with Crippen molar-refractivity contribution < 1.29 is 0 Å². The normalized spacial score (nSPS) is 13.1. The number of fused-ring (bicyclic) bond motifs is 20. The minimum atomic E-state index is -0.0805. The predicted octanol–water partition coefficient (Wildman–Crippen LogP) is 30.7. The summed E-state index contributed by atoms with van der Waals surface area (Å²) in [7, 11) is 0. The summed E-state index contributed by atoms with van der Waals surface area (Å²) in [6.45, 7) is 14.0. The second-order valence-corrected chi connectivity index (χ2v) is 37.8. The number of rotatable bonds is 12. The Balaban J connectivity index is 0.000000111. The van der Waals surface area contributed by atoms with Crippen molar-refractivity contribution in [2.45, 2.75) is 57.8 Å². The third kappa shape index (κ3) is 14.0. The van der Waals surface area contributed by atoms with Crippen LogP contribution in [-0.4, -0.2) is 58.6 Å². The van der Waals surface area contributed by atoms with Gasteiger partial charge in [-0.25, -0.2) is 44.9 Å². The van der Waals surface area contributed by atoms with Crippen molar-refractivity contribution in [3.8, 4) is 159 Å². The molecule has 0 atom stereocenters. The molecular formula is C127H89N13. The summed E-state index contributed by atoms with van der Waals surface area (Å²) < 4.78 is 7.14. The Morgan fingerprint density at radius 2 is 0.493 bits per heavy atom. The fourth-order valence-corrected chi connectivity index (χ4v) is 21.8. The average Bonchev–Trinajstić information content (AvgIpc) is 1.55. The van der Waals surface area contributed by atoms with Crippen molar-refractivity contribution >= 4 is 65.4 Å². The summed E-state index contributed by atoms with van der Waals surface area (Å²) in [6, 6.07) is 152. The third-order valence-corrected chi connectivity index (χ3v) is 28.6. The lowest BCUT2D eigenvalue weighted by Gasteiger charge is -2.21. The van der Waals surface area contributed by atoms with Crippen LogP contribution in [0.3, 0.4) is 0 Å². The predicted molar refractivity (Wildman–Crippen MR) is 569 cm³/mol. The highest BCUT2D eigenvalue weighted by molar-refractivity contribution is 6.20. The second kappa shape index (κ2) is 33.5. The van der Waals surface area contributed by atoms with E-state index < -0.39 is 0 Å². The van der Waals surface area contributed by atoms with E-state index in [-0.39, 0.29) is 16.2 Å². The van der Waals surface area contributed by atoms with Crippen molar-refractivity contribution in [3.05, 3.63) is 470 Å². The Hall–Kier alpha value is -18.1. The van der Waals surface area contributed by atoms with Gasteiger partial charge in [0.25, 0.3) is 0 Å². The van der Waals surface area contributed by atoms with Gasteiger partial charge >= 0.3 is 0 Å². The van der Waals surface area contributed by atoms with Crippen LogP contribution in [0.25, 0.3) is 218 Å². The number of hydrogen-bond acceptors (Lipinski definition) is 10. The molecule has 6 heterocycles. The Labute approximate surface area is 810 Å². The number of nitriles is 1. The summed E-state index contributed by atoms with van der Waals surface area (Å²) in [5.41, 5.74) is 35.1. The molecule has 3 aliphatic carbocycles. The zero-order valence-electron chi connectivity index (χ0n) is 77.8. The van der Waals surface area contributed by atoms with Gasteiger partial charge in [-0.1, -0.05) is 369 Å². The summed E-state index contributed by atoms with van der Waals surface area (Å²) in [5, 5.41) is 17.2. The highest BCUT2D eigenvalue weighted by Gasteiger charge is 2.41. The molecule has 0 radical (unpaired) electrons. The van der Waals surface area contributed by atoms with Gasteiger partial charge in [0.2, 0.25) is 0 Å². The minimum absolute atomic E-state index is 0.0489. The molecule has 13 heteroatoms. The Bertz CT molecular complexity index is 9030. The van der Waals surface area contributed by atoms with Crippen molar-refractivity contribution in [1.29, 1.82) is 5.26 Å². The maximum absolute atomic E-state index is 9.57. The number of aromatic nitrogens is 12. The van der Waals surface area contributed by atoms with Crippen LogP contribution in [0.15, 0.2) is 431 Å². The van der Waals surface area contributed by atoms with Gasteiger partial charge in [-0.05, 0) is 170 Å². The molecule has 3 aliphatic rings. The summed E-state index contributed by atoms with van der Waals surface area (Å²) >= 11 is 0. The van der Waals surface area contributed by atoms with E-state index in [4.69, 9.17) is 44.9 Å². The number of hydrogen-bond donors (Lipinski definition) is 0. The van der Waals surface area contributed by atoms with Crippen molar-refractivity contribution in [2.24, 2.45) is 0 Å². The van der Waals surface area contributed by atoms with E-state index in [1.165, 1.54) is 121 Å². The molecule has 662 valence electrons. The number of nitrogens with zero attached hydrogens (tertiary/aromatic N) is 13. The number of para-hydroxylation sites is 3. The molecule has 0 N–H and O–H groups in total. The standard InChI is InChI=1S/C43H29N5.2C42H30N4/c1-43(2)36-20-8-6-18-32(36)34-25-39-35(24-37(34)43)33-19-7-9-21-38(33)48(39)31-17-11-16-30(23-31)42-46-40(28-13-4-3-5-14-28)45-41(47-42)29-15-10-12-27(22-29)26-44;1-42(2)33-22-11-9-20-31(33)37-34(42)24-25-36-38(37)32-21-10-12-23-35(32)46(36)30-19-13-18-29(26-30)41-44-39(27-14-5-3-6-15-27)43-40(45-41)28-16-7-4-8-17-28;1-42(2)33-19-11-9-17-31(33)37-34(42)25-26-36-38(37)32-18-10-12-20-35(32)46(36)30-23-21-29(22-24-30)41-44-39(27-13-5-3-6-14-27)43-40(45-41)28-15-7-4-8-16-28/h3-25H,1-2H3;2*3-26H,1-2H3. The van der Waals surface area contributed by atoms with Crippen LogP contribution in [0.1, 0.15) is 80.5 Å². The lowest BCUT2D eigenvalue weighted by atomic mass is 9.82. The third-order valence-electron chi connectivity index (χ3n) is 28.6. The molecule has 27 rings (SSSR count). The molecule has 6 aromatic heterocycles. The van der Waals surface area contributed by atoms with Gasteiger partial charge in [0, 0.05) is 116 Å². The smallest absolute Gasteiger partial charge is 0.164 e. The first kappa shape index (κ1) is 83.7. The molecule has 0 fully saturated rings. The van der Waals surface area contributed by atoms with E-state index in [9.17, 15) is 5.26 Å². The molecule has 0 amide bonds. The van der Waals surface area contributed by atoms with E-state index in [0.29, 0.717) is 58.0 Å². The van der Waals surface area contributed by atoms with Gasteiger partial charge in [-0.3, -0.25) is 0 Å². The monoisotopic (exact) mass is 1800 g/mol. The molecular weight excluding hydrogens is 1710 g/mol. The SMILES string of the molecule is CC1(C)c2ccccc2-c2c1ccc1c2c2ccccc2n1-c1ccc(-c2nc(-c3ccccc3)nc(-c3ccccc3)n2)cc1.CC1(C)c2ccccc2-c2c1ccc1c2c2ccccc2n1-c1cccc(-c2nc(-c3ccccc3)nc(-c3ccccc3)n2)c1.CC1(C)c2ccccc2-c2cc3c(cc21)c1ccccc1n3-c1cccc(-c2nc(-c3ccccc3)nc(-c3cccc(C#N)c3)n2)c1. The van der Waals surface area contributed by atoms with Crippen LogP contribution >= 0.6 is 0 Å². The lowest BCUT2D eigenvalue weighted by molar-refractivity contribution is 0.660. The summed E-state index contributed by atoms with van der Waals surface area (Å²) in [6.07, 6.45) is 0. The van der Waals surface area contributed by atoms with Crippen LogP contribution in [-0.2, 0) is 16.2 Å².